The molecule has 2 nitrogen and oxygen atoms in total. The molecule has 110 valence electrons. The molecule has 0 heterocycles. The molecule has 0 atom stereocenters. The van der Waals surface area contributed by atoms with Gasteiger partial charge in [-0.15, -0.1) is 0 Å². The zero-order chi connectivity index (χ0) is 14.2. The van der Waals surface area contributed by atoms with Crippen LogP contribution in [0.4, 0.5) is 0 Å². The lowest BCUT2D eigenvalue weighted by Crippen LogP contribution is -2.55. The van der Waals surface area contributed by atoms with Crippen molar-refractivity contribution in [2.45, 2.75) is 38.1 Å². The second kappa shape index (κ2) is 5.32. The van der Waals surface area contributed by atoms with E-state index in [1.165, 1.54) is 32.1 Å². The number of hydrogen-bond acceptors (Lipinski definition) is 1. The second-order valence-electron chi connectivity index (χ2n) is 7.21. The molecule has 4 aliphatic rings. The number of rotatable bonds is 3. The van der Waals surface area contributed by atoms with E-state index in [-0.39, 0.29) is 5.91 Å². The number of amides is 1. The molecule has 1 aromatic rings. The molecule has 4 saturated carbocycles. The molecule has 0 radical (unpaired) electrons. The van der Waals surface area contributed by atoms with Crippen molar-refractivity contribution in [2.24, 2.45) is 23.7 Å². The van der Waals surface area contributed by atoms with Gasteiger partial charge in [-0.25, -0.2) is 0 Å². The molecule has 0 unspecified atom stereocenters. The lowest BCUT2D eigenvalue weighted by atomic mass is 9.54. The molecule has 4 aliphatic carbocycles. The van der Waals surface area contributed by atoms with Gasteiger partial charge in [-0.1, -0.05) is 30.3 Å². The van der Waals surface area contributed by atoms with Crippen molar-refractivity contribution in [1.82, 2.24) is 5.32 Å². The van der Waals surface area contributed by atoms with Gasteiger partial charge < -0.3 is 5.32 Å². The summed E-state index contributed by atoms with van der Waals surface area (Å²) in [5.41, 5.74) is 1.08. The van der Waals surface area contributed by atoms with Gasteiger partial charge in [-0.3, -0.25) is 4.79 Å². The third-order valence-electron chi connectivity index (χ3n) is 5.76. The Kier molecular flexibility index (Phi) is 3.33. The fraction of sp³-hybridized carbons (Fsp3) is 0.526. The molecule has 21 heavy (non-hydrogen) atoms. The molecule has 4 bridgehead atoms. The van der Waals surface area contributed by atoms with Gasteiger partial charge in [0.2, 0.25) is 5.91 Å². The molecule has 5 rings (SSSR count). The average Bonchev–Trinajstić information content (AvgIpc) is 2.49. The maximum atomic E-state index is 12.2. The fourth-order valence-corrected chi connectivity index (χ4v) is 5.11. The molecule has 0 aromatic heterocycles. The molecule has 1 aromatic carbocycles. The lowest BCUT2D eigenvalue weighted by molar-refractivity contribution is -0.120. The van der Waals surface area contributed by atoms with E-state index in [1.807, 2.05) is 36.4 Å². The van der Waals surface area contributed by atoms with Crippen LogP contribution in [0.1, 0.15) is 37.7 Å². The molecule has 0 spiro atoms. The Hall–Kier alpha value is -1.57. The summed E-state index contributed by atoms with van der Waals surface area (Å²) in [6, 6.07) is 10.5. The van der Waals surface area contributed by atoms with Crippen molar-refractivity contribution in [3.63, 3.8) is 0 Å². The molecule has 4 fully saturated rings. The minimum Gasteiger partial charge on any atom is -0.349 e. The van der Waals surface area contributed by atoms with Gasteiger partial charge in [0.25, 0.3) is 0 Å². The third-order valence-corrected chi connectivity index (χ3v) is 5.76. The summed E-state index contributed by atoms with van der Waals surface area (Å²) in [5, 5.41) is 3.31. The highest BCUT2D eigenvalue weighted by Gasteiger charge is 2.48. The van der Waals surface area contributed by atoms with E-state index in [2.05, 4.69) is 5.32 Å². The van der Waals surface area contributed by atoms with E-state index in [9.17, 15) is 4.79 Å². The predicted octanol–water partition coefficient (Wildman–Crippen LogP) is 3.64. The van der Waals surface area contributed by atoms with Crippen molar-refractivity contribution >= 4 is 12.0 Å². The van der Waals surface area contributed by atoms with Crippen molar-refractivity contribution in [3.8, 4) is 0 Å². The van der Waals surface area contributed by atoms with Crippen LogP contribution in [0, 0.1) is 23.7 Å². The van der Waals surface area contributed by atoms with Crippen LogP contribution in [-0.2, 0) is 4.79 Å². The van der Waals surface area contributed by atoms with Gasteiger partial charge >= 0.3 is 0 Å². The minimum absolute atomic E-state index is 0.0799. The Balaban J connectivity index is 1.40. The van der Waals surface area contributed by atoms with Crippen LogP contribution in [0.2, 0.25) is 0 Å². The highest BCUT2D eigenvalue weighted by Crippen LogP contribution is 2.53. The van der Waals surface area contributed by atoms with Crippen LogP contribution >= 0.6 is 0 Å². The van der Waals surface area contributed by atoms with E-state index in [0.29, 0.717) is 6.04 Å². The summed E-state index contributed by atoms with van der Waals surface area (Å²) in [5.74, 6) is 3.49. The second-order valence-corrected chi connectivity index (χ2v) is 7.21. The highest BCUT2D eigenvalue weighted by atomic mass is 16.1. The number of benzene rings is 1. The number of nitrogens with one attached hydrogen (secondary N) is 1. The summed E-state index contributed by atoms with van der Waals surface area (Å²) in [6.07, 6.45) is 10.5. The average molecular weight is 281 g/mol. The summed E-state index contributed by atoms with van der Waals surface area (Å²) in [4.78, 5) is 12.2. The van der Waals surface area contributed by atoms with Crippen LogP contribution in [0.5, 0.6) is 0 Å². The maximum Gasteiger partial charge on any atom is 0.244 e. The zero-order valence-corrected chi connectivity index (χ0v) is 12.4. The fourth-order valence-electron chi connectivity index (χ4n) is 5.11. The Morgan fingerprint density at radius 3 is 2.19 bits per heavy atom. The standard InChI is InChI=1S/C19H23NO/c21-18(7-6-13-4-2-1-3-5-13)20-19-16-9-14-8-15(11-16)12-17(19)10-14/h1-7,14-17,19H,8-12H2,(H,20,21)/b7-6+. The molecular weight excluding hydrogens is 258 g/mol. The van der Waals surface area contributed by atoms with Gasteiger partial charge in [-0.2, -0.15) is 0 Å². The van der Waals surface area contributed by atoms with Gasteiger partial charge in [0, 0.05) is 12.1 Å². The molecule has 0 aliphatic heterocycles. The first-order valence-electron chi connectivity index (χ1n) is 8.31. The Morgan fingerprint density at radius 1 is 0.952 bits per heavy atom. The summed E-state index contributed by atoms with van der Waals surface area (Å²) in [7, 11) is 0. The van der Waals surface area contributed by atoms with Crippen LogP contribution in [0.25, 0.3) is 6.08 Å². The SMILES string of the molecule is O=C(/C=C/c1ccccc1)NC1C2CC3CC(C2)CC1C3. The molecule has 1 amide bonds. The van der Waals surface area contributed by atoms with Gasteiger partial charge in [0.1, 0.15) is 0 Å². The van der Waals surface area contributed by atoms with E-state index >= 15 is 0 Å². The first-order valence-corrected chi connectivity index (χ1v) is 8.31. The highest BCUT2D eigenvalue weighted by molar-refractivity contribution is 5.91. The van der Waals surface area contributed by atoms with E-state index < -0.39 is 0 Å². The van der Waals surface area contributed by atoms with E-state index in [1.54, 1.807) is 6.08 Å². The van der Waals surface area contributed by atoms with E-state index in [0.717, 1.165) is 29.2 Å². The van der Waals surface area contributed by atoms with Crippen molar-refractivity contribution in [3.05, 3.63) is 42.0 Å². The normalized spacial score (nSPS) is 37.0. The monoisotopic (exact) mass is 281 g/mol. The van der Waals surface area contributed by atoms with Crippen molar-refractivity contribution in [1.29, 1.82) is 0 Å². The van der Waals surface area contributed by atoms with Gasteiger partial charge in [0.15, 0.2) is 0 Å². The van der Waals surface area contributed by atoms with Gasteiger partial charge in [0.05, 0.1) is 0 Å². The van der Waals surface area contributed by atoms with Crippen molar-refractivity contribution < 1.29 is 4.79 Å². The third kappa shape index (κ3) is 2.64. The van der Waals surface area contributed by atoms with Crippen LogP contribution in [-0.4, -0.2) is 11.9 Å². The largest absolute Gasteiger partial charge is 0.349 e. The minimum atomic E-state index is 0.0799. The topological polar surface area (TPSA) is 29.1 Å². The Morgan fingerprint density at radius 2 is 1.57 bits per heavy atom. The zero-order valence-electron chi connectivity index (χ0n) is 12.4. The quantitative estimate of drug-likeness (QED) is 0.842. The predicted molar refractivity (Wildman–Crippen MR) is 84.5 cm³/mol. The Labute approximate surface area is 126 Å². The number of hydrogen-bond donors (Lipinski definition) is 1. The Bertz CT molecular complexity index is 520. The first kappa shape index (κ1) is 13.1. The molecular formula is C19H23NO. The summed E-state index contributed by atoms with van der Waals surface area (Å²) in [6.45, 7) is 0. The van der Waals surface area contributed by atoms with E-state index in [4.69, 9.17) is 0 Å². The van der Waals surface area contributed by atoms with Gasteiger partial charge in [-0.05, 0) is 67.4 Å². The van der Waals surface area contributed by atoms with Crippen molar-refractivity contribution in [2.75, 3.05) is 0 Å². The van der Waals surface area contributed by atoms with Crippen LogP contribution in [0.15, 0.2) is 36.4 Å². The number of carbonyl (C=O) groups excluding carboxylic acids is 1. The molecule has 1 N–H and O–H groups in total. The smallest absolute Gasteiger partial charge is 0.244 e. The molecule has 0 saturated heterocycles. The first-order chi connectivity index (χ1) is 10.3. The van der Waals surface area contributed by atoms with Crippen LogP contribution < -0.4 is 5.32 Å². The van der Waals surface area contributed by atoms with Crippen LogP contribution in [0.3, 0.4) is 0 Å². The summed E-state index contributed by atoms with van der Waals surface area (Å²) >= 11 is 0. The summed E-state index contributed by atoms with van der Waals surface area (Å²) < 4.78 is 0. The maximum absolute atomic E-state index is 12.2. The number of carbonyl (C=O) groups is 1. The molecule has 2 heteroatoms. The lowest BCUT2D eigenvalue weighted by Gasteiger charge is -2.54.